The number of morpholine rings is 1. The zero-order chi connectivity index (χ0) is 39.6. The predicted molar refractivity (Wildman–Crippen MR) is 218 cm³/mol. The molecule has 2 aromatic heterocycles. The predicted octanol–water partition coefficient (Wildman–Crippen LogP) is 8.42. The molecule has 6 aromatic rings. The zero-order valence-corrected chi connectivity index (χ0v) is 32.5. The number of carboxylic acid groups (broad SMARTS) is 1. The van der Waals surface area contributed by atoms with Crippen LogP contribution in [0.4, 0.5) is 20.2 Å². The molecule has 3 fully saturated rings. The molecule has 3 saturated heterocycles. The Morgan fingerprint density at radius 2 is 1.18 bits per heavy atom. The first-order valence-electron chi connectivity index (χ1n) is 19.1. The summed E-state index contributed by atoms with van der Waals surface area (Å²) in [6.07, 6.45) is 3.39. The van der Waals surface area contributed by atoms with Gasteiger partial charge in [-0.15, -0.1) is 0 Å². The number of carbonyl (C=O) groups is 2. The summed E-state index contributed by atoms with van der Waals surface area (Å²) >= 11 is 12.8. The number of ether oxygens (including phenoxy) is 1. The number of carbonyl (C=O) groups excluding carboxylic acids is 1. The number of aromatic nitrogens is 4. The van der Waals surface area contributed by atoms with E-state index in [1.54, 1.807) is 18.2 Å². The molecule has 0 aliphatic carbocycles. The smallest absolute Gasteiger partial charge is 0.308 e. The number of fused-ring (bicyclic) bond motifs is 2. The molecule has 0 spiro atoms. The second-order valence-electron chi connectivity index (χ2n) is 14.7. The first kappa shape index (κ1) is 38.6. The maximum Gasteiger partial charge on any atom is 0.308 e. The topological polar surface area (TPSA) is 131 Å². The number of halogens is 4. The van der Waals surface area contributed by atoms with Crippen LogP contribution in [0.3, 0.4) is 0 Å². The SMILES string of the molecule is O=C(O)[C@@H]1CCCN(c2ccc(Cl)c(-c3nc4ccc(F)cc4[nH]3)c2)C1.O=C([C@@H]1CCCN(c2ccc(Cl)c(-c3nc4ccc(F)cc4[nH]3)c2)C1)N1CCOCC1. The molecule has 296 valence electrons. The summed E-state index contributed by atoms with van der Waals surface area (Å²) in [7, 11) is 0. The first-order valence-corrected chi connectivity index (χ1v) is 19.8. The van der Waals surface area contributed by atoms with E-state index in [2.05, 4.69) is 29.7 Å². The number of hydrogen-bond donors (Lipinski definition) is 3. The minimum Gasteiger partial charge on any atom is -0.481 e. The molecule has 9 rings (SSSR count). The van der Waals surface area contributed by atoms with Crippen LogP contribution in [0.5, 0.6) is 0 Å². The minimum absolute atomic E-state index is 0.0137. The van der Waals surface area contributed by atoms with Crippen molar-refractivity contribution in [2.75, 3.05) is 62.3 Å². The van der Waals surface area contributed by atoms with Gasteiger partial charge in [0.25, 0.3) is 0 Å². The summed E-state index contributed by atoms with van der Waals surface area (Å²) in [5.74, 6) is -0.399. The molecule has 11 nitrogen and oxygen atoms in total. The van der Waals surface area contributed by atoms with E-state index in [4.69, 9.17) is 27.9 Å². The van der Waals surface area contributed by atoms with Gasteiger partial charge in [0.15, 0.2) is 0 Å². The fraction of sp³-hybridized carbons (Fsp3) is 0.333. The van der Waals surface area contributed by atoms with E-state index in [0.717, 1.165) is 49.3 Å². The maximum atomic E-state index is 13.6. The zero-order valence-electron chi connectivity index (χ0n) is 31.0. The number of nitrogens with zero attached hydrogens (tertiary/aromatic N) is 5. The summed E-state index contributed by atoms with van der Waals surface area (Å²) in [5.41, 5.74) is 5.96. The van der Waals surface area contributed by atoms with Crippen molar-refractivity contribution in [1.82, 2.24) is 24.8 Å². The number of H-pyrrole nitrogens is 2. The first-order chi connectivity index (χ1) is 27.6. The number of rotatable bonds is 6. The Hall–Kier alpha value is -5.24. The molecule has 57 heavy (non-hydrogen) atoms. The highest BCUT2D eigenvalue weighted by atomic mass is 35.5. The van der Waals surface area contributed by atoms with Crippen LogP contribution in [-0.4, -0.2) is 94.3 Å². The van der Waals surface area contributed by atoms with Gasteiger partial charge in [-0.25, -0.2) is 18.7 Å². The molecule has 3 N–H and O–H groups in total. The molecule has 0 radical (unpaired) electrons. The van der Waals surface area contributed by atoms with E-state index in [1.165, 1.54) is 24.3 Å². The molecular weight excluding hydrogens is 775 g/mol. The summed E-state index contributed by atoms with van der Waals surface area (Å²) in [4.78, 5) is 45.9. The quantitative estimate of drug-likeness (QED) is 0.153. The standard InChI is InChI=1S/C23H24ClFN4O2.C19H17ClFN3O2/c24-19-5-4-17(13-18(19)22-26-20-6-3-16(25)12-21(20)27-22)29-7-1-2-15(14-29)23(30)28-8-10-31-11-9-28;20-15-5-4-13(24-7-1-2-11(10-24)19(25)26)9-14(15)18-22-16-6-3-12(21)8-17(16)23-18/h3-6,12-13,15H,1-2,7-11,14H2,(H,26,27);3-6,8-9,11H,1-2,7,10H2,(H,22,23)(H,25,26)/t15-;11-/m11/s1. The summed E-state index contributed by atoms with van der Waals surface area (Å²) in [6.45, 7) is 5.42. The molecule has 0 unspecified atom stereocenters. The van der Waals surface area contributed by atoms with Gasteiger partial charge in [0.05, 0.1) is 57.2 Å². The number of amides is 1. The van der Waals surface area contributed by atoms with Gasteiger partial charge in [0.1, 0.15) is 23.3 Å². The monoisotopic (exact) mass is 815 g/mol. The Balaban J connectivity index is 0.000000162. The van der Waals surface area contributed by atoms with Crippen LogP contribution in [0.25, 0.3) is 44.8 Å². The third-order valence-electron chi connectivity index (χ3n) is 10.9. The van der Waals surface area contributed by atoms with E-state index in [1.807, 2.05) is 35.2 Å². The number of nitrogens with one attached hydrogen (secondary N) is 2. The second kappa shape index (κ2) is 16.7. The van der Waals surface area contributed by atoms with Crippen molar-refractivity contribution in [2.45, 2.75) is 25.7 Å². The highest BCUT2D eigenvalue weighted by molar-refractivity contribution is 6.33. The molecule has 3 aliphatic rings. The molecule has 0 saturated carbocycles. The number of hydrogen-bond acceptors (Lipinski definition) is 7. The van der Waals surface area contributed by atoms with Gasteiger partial charge >= 0.3 is 5.97 Å². The fourth-order valence-corrected chi connectivity index (χ4v) is 8.28. The molecular formula is C42H41Cl2F2N7O4. The van der Waals surface area contributed by atoms with Gasteiger partial charge in [-0.05, 0) is 98.5 Å². The van der Waals surface area contributed by atoms with Crippen molar-refractivity contribution in [3.05, 3.63) is 94.5 Å². The minimum atomic E-state index is -0.761. The summed E-state index contributed by atoms with van der Waals surface area (Å²) in [6, 6.07) is 20.3. The van der Waals surface area contributed by atoms with Crippen molar-refractivity contribution in [3.63, 3.8) is 0 Å². The Morgan fingerprint density at radius 1 is 0.684 bits per heavy atom. The molecule has 2 atom stereocenters. The fourth-order valence-electron chi connectivity index (χ4n) is 7.87. The van der Waals surface area contributed by atoms with Crippen LogP contribution >= 0.6 is 23.2 Å². The Labute approximate surface area is 337 Å². The van der Waals surface area contributed by atoms with Crippen molar-refractivity contribution < 1.29 is 28.2 Å². The van der Waals surface area contributed by atoms with E-state index < -0.39 is 5.97 Å². The molecule has 4 aromatic carbocycles. The Bertz CT molecular complexity index is 2430. The number of aromatic amines is 2. The lowest BCUT2D eigenvalue weighted by atomic mass is 9.95. The van der Waals surface area contributed by atoms with E-state index in [9.17, 15) is 23.5 Å². The highest BCUT2D eigenvalue weighted by Gasteiger charge is 2.31. The number of anilines is 2. The summed E-state index contributed by atoms with van der Waals surface area (Å²) < 4.78 is 32.3. The van der Waals surface area contributed by atoms with Crippen LogP contribution in [0.15, 0.2) is 72.8 Å². The van der Waals surface area contributed by atoms with Crippen LogP contribution in [0.1, 0.15) is 25.7 Å². The van der Waals surface area contributed by atoms with Crippen molar-refractivity contribution >= 4 is 68.5 Å². The number of imidazole rings is 2. The number of benzene rings is 4. The molecule has 5 heterocycles. The van der Waals surface area contributed by atoms with Gasteiger partial charge in [-0.3, -0.25) is 9.59 Å². The van der Waals surface area contributed by atoms with Crippen LogP contribution in [0.2, 0.25) is 10.0 Å². The molecule has 3 aliphatic heterocycles. The highest BCUT2D eigenvalue weighted by Crippen LogP contribution is 2.35. The second-order valence-corrected chi connectivity index (χ2v) is 15.5. The average molecular weight is 817 g/mol. The lowest BCUT2D eigenvalue weighted by Gasteiger charge is -2.37. The van der Waals surface area contributed by atoms with Crippen LogP contribution < -0.4 is 9.80 Å². The van der Waals surface area contributed by atoms with E-state index >= 15 is 0 Å². The van der Waals surface area contributed by atoms with Crippen LogP contribution in [-0.2, 0) is 14.3 Å². The third kappa shape index (κ3) is 8.56. The Morgan fingerprint density at radius 3 is 1.68 bits per heavy atom. The molecule has 1 amide bonds. The molecule has 0 bridgehead atoms. The van der Waals surface area contributed by atoms with Gasteiger partial charge in [-0.2, -0.15) is 0 Å². The van der Waals surface area contributed by atoms with Crippen molar-refractivity contribution in [1.29, 1.82) is 0 Å². The van der Waals surface area contributed by atoms with Crippen LogP contribution in [0, 0.1) is 23.5 Å². The normalized spacial score (nSPS) is 18.8. The molecule has 15 heteroatoms. The maximum absolute atomic E-state index is 13.6. The Kier molecular flexibility index (Phi) is 11.3. The lowest BCUT2D eigenvalue weighted by Crippen LogP contribution is -2.48. The average Bonchev–Trinajstić information content (AvgIpc) is 3.85. The largest absolute Gasteiger partial charge is 0.481 e. The van der Waals surface area contributed by atoms with Gasteiger partial charge < -0.3 is 34.5 Å². The number of piperidine rings is 2. The van der Waals surface area contributed by atoms with Gasteiger partial charge in [-0.1, -0.05) is 23.2 Å². The number of aliphatic carboxylic acids is 1. The van der Waals surface area contributed by atoms with Crippen molar-refractivity contribution in [3.8, 4) is 22.8 Å². The van der Waals surface area contributed by atoms with Crippen molar-refractivity contribution in [2.24, 2.45) is 11.8 Å². The van der Waals surface area contributed by atoms with Gasteiger partial charge in [0.2, 0.25) is 5.91 Å². The van der Waals surface area contributed by atoms with E-state index in [-0.39, 0.29) is 29.4 Å². The number of carboxylic acids is 1. The van der Waals surface area contributed by atoms with Gasteiger partial charge in [0, 0.05) is 61.8 Å². The van der Waals surface area contributed by atoms with E-state index in [0.29, 0.717) is 95.1 Å². The lowest BCUT2D eigenvalue weighted by molar-refractivity contribution is -0.142. The summed E-state index contributed by atoms with van der Waals surface area (Å²) in [5, 5.41) is 10.4. The third-order valence-corrected chi connectivity index (χ3v) is 11.6.